The van der Waals surface area contributed by atoms with E-state index in [0.717, 1.165) is 12.0 Å². The fraction of sp³-hybridized carbons (Fsp3) is 0.222. The first-order chi connectivity index (χ1) is 11.6. The maximum Gasteiger partial charge on any atom is 0.255 e. The summed E-state index contributed by atoms with van der Waals surface area (Å²) in [6.07, 6.45) is 8.69. The molecule has 0 aliphatic carbocycles. The van der Waals surface area contributed by atoms with Crippen molar-refractivity contribution in [3.05, 3.63) is 72.3 Å². The molecule has 24 heavy (non-hydrogen) atoms. The van der Waals surface area contributed by atoms with Crippen LogP contribution in [0.3, 0.4) is 0 Å². The highest BCUT2D eigenvalue weighted by molar-refractivity contribution is 5.99. The molecule has 0 atom stereocenters. The van der Waals surface area contributed by atoms with Gasteiger partial charge in [-0.1, -0.05) is 6.08 Å². The Morgan fingerprint density at radius 1 is 1.21 bits per heavy atom. The summed E-state index contributed by atoms with van der Waals surface area (Å²) in [4.78, 5) is 34.0. The van der Waals surface area contributed by atoms with Crippen molar-refractivity contribution >= 4 is 11.8 Å². The Hall–Kier alpha value is -3.02. The van der Waals surface area contributed by atoms with Gasteiger partial charge in [0.1, 0.15) is 0 Å². The van der Waals surface area contributed by atoms with Gasteiger partial charge in [-0.05, 0) is 30.2 Å². The lowest BCUT2D eigenvalue weighted by Crippen LogP contribution is -2.29. The van der Waals surface area contributed by atoms with E-state index < -0.39 is 0 Å². The number of likely N-dealkylation sites (N-methyl/N-ethyl adjacent to an activating group) is 1. The molecule has 124 valence electrons. The van der Waals surface area contributed by atoms with Gasteiger partial charge in [0, 0.05) is 44.9 Å². The Morgan fingerprint density at radius 3 is 2.62 bits per heavy atom. The smallest absolute Gasteiger partial charge is 0.255 e. The van der Waals surface area contributed by atoms with Gasteiger partial charge in [-0.2, -0.15) is 0 Å². The molecule has 0 saturated heterocycles. The van der Waals surface area contributed by atoms with Crippen LogP contribution in [0.5, 0.6) is 0 Å². The molecular formula is C18H20N4O2. The monoisotopic (exact) mass is 324 g/mol. The lowest BCUT2D eigenvalue weighted by Gasteiger charge is -2.17. The summed E-state index contributed by atoms with van der Waals surface area (Å²) in [5.41, 5.74) is 1.85. The first-order valence-electron chi connectivity index (χ1n) is 7.60. The SMILES string of the molecule is C=CCNC(=O)c1cncc(C(=O)N(C)CCc2ccncc2)c1. The van der Waals surface area contributed by atoms with Crippen LogP contribution in [-0.4, -0.2) is 46.8 Å². The molecule has 0 saturated carbocycles. The standard InChI is InChI=1S/C18H20N4O2/c1-3-7-21-17(23)15-11-16(13-20-12-15)18(24)22(2)10-6-14-4-8-19-9-5-14/h3-5,8-9,11-13H,1,6-7,10H2,2H3,(H,21,23). The molecule has 0 aromatic carbocycles. The van der Waals surface area contributed by atoms with Crippen molar-refractivity contribution in [3.8, 4) is 0 Å². The average molecular weight is 324 g/mol. The molecule has 0 bridgehead atoms. The zero-order valence-corrected chi connectivity index (χ0v) is 13.6. The number of rotatable bonds is 7. The molecule has 0 aliphatic heterocycles. The first kappa shape index (κ1) is 17.3. The number of hydrogen-bond acceptors (Lipinski definition) is 4. The van der Waals surface area contributed by atoms with Gasteiger partial charge in [0.2, 0.25) is 0 Å². The van der Waals surface area contributed by atoms with E-state index >= 15 is 0 Å². The Kier molecular flexibility index (Phi) is 6.19. The molecule has 2 heterocycles. The number of carbonyl (C=O) groups excluding carboxylic acids is 2. The highest BCUT2D eigenvalue weighted by Gasteiger charge is 2.14. The summed E-state index contributed by atoms with van der Waals surface area (Å²) in [6.45, 7) is 4.47. The molecule has 0 fully saturated rings. The van der Waals surface area contributed by atoms with Crippen LogP contribution in [0.15, 0.2) is 55.6 Å². The van der Waals surface area contributed by atoms with Gasteiger partial charge in [-0.25, -0.2) is 0 Å². The van der Waals surface area contributed by atoms with Crippen LogP contribution < -0.4 is 5.32 Å². The molecule has 2 aromatic rings. The van der Waals surface area contributed by atoms with E-state index in [-0.39, 0.29) is 11.8 Å². The highest BCUT2D eigenvalue weighted by Crippen LogP contribution is 2.07. The summed E-state index contributed by atoms with van der Waals surface area (Å²) in [6, 6.07) is 5.39. The van der Waals surface area contributed by atoms with Crippen molar-refractivity contribution in [2.45, 2.75) is 6.42 Å². The van der Waals surface area contributed by atoms with Crippen molar-refractivity contribution in [3.63, 3.8) is 0 Å². The maximum atomic E-state index is 12.5. The van der Waals surface area contributed by atoms with Crippen LogP contribution in [0.25, 0.3) is 0 Å². The van der Waals surface area contributed by atoms with E-state index in [4.69, 9.17) is 0 Å². The molecule has 6 nitrogen and oxygen atoms in total. The van der Waals surface area contributed by atoms with Crippen LogP contribution in [0.1, 0.15) is 26.3 Å². The largest absolute Gasteiger partial charge is 0.349 e. The van der Waals surface area contributed by atoms with Gasteiger partial charge < -0.3 is 10.2 Å². The van der Waals surface area contributed by atoms with Crippen molar-refractivity contribution in [2.24, 2.45) is 0 Å². The van der Waals surface area contributed by atoms with E-state index in [9.17, 15) is 9.59 Å². The molecule has 0 spiro atoms. The van der Waals surface area contributed by atoms with E-state index in [1.54, 1.807) is 36.5 Å². The zero-order valence-electron chi connectivity index (χ0n) is 13.6. The molecule has 0 aliphatic rings. The Morgan fingerprint density at radius 2 is 1.92 bits per heavy atom. The van der Waals surface area contributed by atoms with Crippen molar-refractivity contribution in [1.82, 2.24) is 20.2 Å². The van der Waals surface area contributed by atoms with Crippen LogP contribution >= 0.6 is 0 Å². The van der Waals surface area contributed by atoms with Gasteiger partial charge in [0.05, 0.1) is 11.1 Å². The molecule has 6 heteroatoms. The van der Waals surface area contributed by atoms with Crippen LogP contribution in [0, 0.1) is 0 Å². The highest BCUT2D eigenvalue weighted by atomic mass is 16.2. The normalized spacial score (nSPS) is 10.0. The number of aromatic nitrogens is 2. The summed E-state index contributed by atoms with van der Waals surface area (Å²) in [5, 5.41) is 2.66. The minimum atomic E-state index is -0.281. The maximum absolute atomic E-state index is 12.5. The van der Waals surface area contributed by atoms with Crippen molar-refractivity contribution in [1.29, 1.82) is 0 Å². The van der Waals surface area contributed by atoms with E-state index in [0.29, 0.717) is 24.2 Å². The van der Waals surface area contributed by atoms with Crippen molar-refractivity contribution < 1.29 is 9.59 Å². The second-order valence-corrected chi connectivity index (χ2v) is 5.29. The number of nitrogens with one attached hydrogen (secondary N) is 1. The Labute approximate surface area is 141 Å². The van der Waals surface area contributed by atoms with Crippen molar-refractivity contribution in [2.75, 3.05) is 20.1 Å². The third kappa shape index (κ3) is 4.74. The van der Waals surface area contributed by atoms with E-state index in [1.165, 1.54) is 12.4 Å². The fourth-order valence-corrected chi connectivity index (χ4v) is 2.12. The summed E-state index contributed by atoms with van der Waals surface area (Å²) >= 11 is 0. The first-order valence-corrected chi connectivity index (χ1v) is 7.60. The summed E-state index contributed by atoms with van der Waals surface area (Å²) in [7, 11) is 1.73. The molecule has 2 aromatic heterocycles. The average Bonchev–Trinajstić information content (AvgIpc) is 2.64. The van der Waals surface area contributed by atoms with E-state index in [1.807, 2.05) is 12.1 Å². The van der Waals surface area contributed by atoms with E-state index in [2.05, 4.69) is 21.9 Å². The number of hydrogen-bond donors (Lipinski definition) is 1. The molecular weight excluding hydrogens is 304 g/mol. The lowest BCUT2D eigenvalue weighted by molar-refractivity contribution is 0.0796. The molecule has 2 amide bonds. The molecule has 0 unspecified atom stereocenters. The quantitative estimate of drug-likeness (QED) is 0.787. The molecule has 1 N–H and O–H groups in total. The fourth-order valence-electron chi connectivity index (χ4n) is 2.12. The van der Waals surface area contributed by atoms with Gasteiger partial charge in [-0.15, -0.1) is 6.58 Å². The van der Waals surface area contributed by atoms with Crippen LogP contribution in [0.4, 0.5) is 0 Å². The van der Waals surface area contributed by atoms with Gasteiger partial charge in [0.25, 0.3) is 11.8 Å². The Balaban J connectivity index is 2.00. The number of carbonyl (C=O) groups is 2. The predicted molar refractivity (Wildman–Crippen MR) is 91.7 cm³/mol. The Bertz CT molecular complexity index is 716. The molecule has 2 rings (SSSR count). The van der Waals surface area contributed by atoms with Gasteiger partial charge >= 0.3 is 0 Å². The third-order valence-corrected chi connectivity index (χ3v) is 3.49. The van der Waals surface area contributed by atoms with Crippen LogP contribution in [-0.2, 0) is 6.42 Å². The summed E-state index contributed by atoms with van der Waals surface area (Å²) in [5.74, 6) is -0.452. The number of amides is 2. The van der Waals surface area contributed by atoms with Gasteiger partial charge in [-0.3, -0.25) is 19.6 Å². The lowest BCUT2D eigenvalue weighted by atomic mass is 10.1. The zero-order chi connectivity index (χ0) is 17.4. The predicted octanol–water partition coefficient (Wildman–Crippen LogP) is 1.71. The third-order valence-electron chi connectivity index (χ3n) is 3.49. The minimum Gasteiger partial charge on any atom is -0.349 e. The second-order valence-electron chi connectivity index (χ2n) is 5.29. The van der Waals surface area contributed by atoms with Gasteiger partial charge in [0.15, 0.2) is 0 Å². The topological polar surface area (TPSA) is 75.2 Å². The number of nitrogens with zero attached hydrogens (tertiary/aromatic N) is 3. The van der Waals surface area contributed by atoms with Crippen LogP contribution in [0.2, 0.25) is 0 Å². The minimum absolute atomic E-state index is 0.171. The second kappa shape index (κ2) is 8.57. The molecule has 0 radical (unpaired) electrons. The summed E-state index contributed by atoms with van der Waals surface area (Å²) < 4.78 is 0. The number of pyridine rings is 2.